The van der Waals surface area contributed by atoms with Gasteiger partial charge in [0.15, 0.2) is 0 Å². The van der Waals surface area contributed by atoms with Crippen molar-refractivity contribution in [1.82, 2.24) is 9.88 Å². The number of nitrogens with one attached hydrogen (secondary N) is 1. The summed E-state index contributed by atoms with van der Waals surface area (Å²) in [7, 11) is 0. The van der Waals surface area contributed by atoms with Gasteiger partial charge in [-0.1, -0.05) is 25.1 Å². The van der Waals surface area contributed by atoms with Gasteiger partial charge in [0.25, 0.3) is 0 Å². The van der Waals surface area contributed by atoms with Crippen molar-refractivity contribution in [2.45, 2.75) is 33.2 Å². The lowest BCUT2D eigenvalue weighted by Crippen LogP contribution is -2.33. The van der Waals surface area contributed by atoms with Gasteiger partial charge in [-0.05, 0) is 49.4 Å². The Morgan fingerprint density at radius 1 is 1.48 bits per heavy atom. The summed E-state index contributed by atoms with van der Waals surface area (Å²) in [6.45, 7) is 7.79. The van der Waals surface area contributed by atoms with Crippen LogP contribution >= 0.6 is 11.3 Å². The van der Waals surface area contributed by atoms with E-state index in [1.807, 2.05) is 18.5 Å². The summed E-state index contributed by atoms with van der Waals surface area (Å²) < 4.78 is 0. The number of benzene rings is 1. The third-order valence-electron chi connectivity index (χ3n) is 4.09. The summed E-state index contributed by atoms with van der Waals surface area (Å²) in [5.41, 5.74) is 6.48. The van der Waals surface area contributed by atoms with E-state index < -0.39 is 0 Å². The SMILES string of the molecule is Cc1csc(NN=Cc2cccc(CN3CCCC(C)C3)c2)n1. The molecule has 3 rings (SSSR count). The molecular formula is C18H24N4S. The molecule has 2 heterocycles. The van der Waals surface area contributed by atoms with Crippen LogP contribution in [0.1, 0.15) is 36.6 Å². The average molecular weight is 328 g/mol. The van der Waals surface area contributed by atoms with Crippen LogP contribution in [0, 0.1) is 12.8 Å². The predicted octanol–water partition coefficient (Wildman–Crippen LogP) is 4.13. The van der Waals surface area contributed by atoms with E-state index in [9.17, 15) is 0 Å². The molecule has 2 aromatic rings. The van der Waals surface area contributed by atoms with E-state index in [-0.39, 0.29) is 0 Å². The first-order chi connectivity index (χ1) is 11.2. The van der Waals surface area contributed by atoms with Crippen LogP contribution in [0.5, 0.6) is 0 Å². The van der Waals surface area contributed by atoms with Crippen LogP contribution < -0.4 is 5.43 Å². The maximum atomic E-state index is 4.33. The Labute approximate surface area is 142 Å². The van der Waals surface area contributed by atoms with Gasteiger partial charge in [-0.25, -0.2) is 4.98 Å². The Hall–Kier alpha value is -1.72. The average Bonchev–Trinajstić information content (AvgIpc) is 2.93. The Morgan fingerprint density at radius 2 is 2.39 bits per heavy atom. The normalized spacial score (nSPS) is 19.3. The monoisotopic (exact) mass is 328 g/mol. The number of hydrogen-bond donors (Lipinski definition) is 1. The van der Waals surface area contributed by atoms with Crippen LogP contribution in [0.15, 0.2) is 34.7 Å². The third kappa shape index (κ3) is 4.88. The number of aryl methyl sites for hydroxylation is 1. The number of piperidine rings is 1. The van der Waals surface area contributed by atoms with E-state index in [1.165, 1.54) is 31.5 Å². The summed E-state index contributed by atoms with van der Waals surface area (Å²) in [6, 6.07) is 8.62. The van der Waals surface area contributed by atoms with E-state index in [0.717, 1.165) is 28.9 Å². The zero-order valence-electron chi connectivity index (χ0n) is 13.8. The molecule has 0 radical (unpaired) electrons. The van der Waals surface area contributed by atoms with Gasteiger partial charge in [0.05, 0.1) is 11.9 Å². The van der Waals surface area contributed by atoms with Gasteiger partial charge < -0.3 is 0 Å². The molecule has 0 bridgehead atoms. The lowest BCUT2D eigenvalue weighted by molar-refractivity contribution is 0.176. The van der Waals surface area contributed by atoms with Gasteiger partial charge in [0, 0.05) is 18.5 Å². The second kappa shape index (κ2) is 7.70. The van der Waals surface area contributed by atoms with Crippen LogP contribution in [0.4, 0.5) is 5.13 Å². The van der Waals surface area contributed by atoms with E-state index in [0.29, 0.717) is 0 Å². The maximum Gasteiger partial charge on any atom is 0.203 e. The molecular weight excluding hydrogens is 304 g/mol. The van der Waals surface area contributed by atoms with Gasteiger partial charge in [0.2, 0.25) is 5.13 Å². The highest BCUT2D eigenvalue weighted by molar-refractivity contribution is 7.13. The van der Waals surface area contributed by atoms with E-state index in [1.54, 1.807) is 11.3 Å². The molecule has 0 saturated carbocycles. The molecule has 0 amide bonds. The van der Waals surface area contributed by atoms with E-state index >= 15 is 0 Å². The molecule has 1 saturated heterocycles. The molecule has 4 nitrogen and oxygen atoms in total. The van der Waals surface area contributed by atoms with Gasteiger partial charge in [-0.15, -0.1) is 11.3 Å². The quantitative estimate of drug-likeness (QED) is 0.663. The molecule has 1 unspecified atom stereocenters. The number of aromatic nitrogens is 1. The van der Waals surface area contributed by atoms with Gasteiger partial charge in [-0.2, -0.15) is 5.10 Å². The summed E-state index contributed by atoms with van der Waals surface area (Å²) in [5.74, 6) is 0.819. The van der Waals surface area contributed by atoms with Crippen molar-refractivity contribution < 1.29 is 0 Å². The van der Waals surface area contributed by atoms with Crippen molar-refractivity contribution >= 4 is 22.7 Å². The Kier molecular flexibility index (Phi) is 5.41. The molecule has 1 aromatic carbocycles. The van der Waals surface area contributed by atoms with Gasteiger partial charge in [-0.3, -0.25) is 10.3 Å². The maximum absolute atomic E-state index is 4.33. The standard InChI is InChI=1S/C18H24N4S/c1-14-5-4-8-22(11-14)12-17-7-3-6-16(9-17)10-19-21-18-20-15(2)13-23-18/h3,6-7,9-10,13-14H,4-5,8,11-12H2,1-2H3,(H,20,21). The van der Waals surface area contributed by atoms with E-state index in [4.69, 9.17) is 0 Å². The number of hydrogen-bond acceptors (Lipinski definition) is 5. The lowest BCUT2D eigenvalue weighted by Gasteiger charge is -2.30. The first kappa shape index (κ1) is 16.1. The third-order valence-corrected chi connectivity index (χ3v) is 4.96. The molecule has 23 heavy (non-hydrogen) atoms. The molecule has 1 aromatic heterocycles. The Balaban J connectivity index is 1.58. The van der Waals surface area contributed by atoms with Gasteiger partial charge >= 0.3 is 0 Å². The summed E-state index contributed by atoms with van der Waals surface area (Å²) in [4.78, 5) is 6.89. The highest BCUT2D eigenvalue weighted by atomic mass is 32.1. The first-order valence-electron chi connectivity index (χ1n) is 8.21. The topological polar surface area (TPSA) is 40.5 Å². The number of nitrogens with zero attached hydrogens (tertiary/aromatic N) is 3. The van der Waals surface area contributed by atoms with Gasteiger partial charge in [0.1, 0.15) is 0 Å². The molecule has 1 fully saturated rings. The van der Waals surface area contributed by atoms with Crippen molar-refractivity contribution in [1.29, 1.82) is 0 Å². The second-order valence-corrected chi connectivity index (χ2v) is 7.25. The zero-order chi connectivity index (χ0) is 16.1. The molecule has 5 heteroatoms. The predicted molar refractivity (Wildman–Crippen MR) is 98.2 cm³/mol. The highest BCUT2D eigenvalue weighted by Crippen LogP contribution is 2.18. The van der Waals surface area contributed by atoms with E-state index in [2.05, 4.69) is 51.6 Å². The molecule has 122 valence electrons. The Morgan fingerprint density at radius 3 is 3.17 bits per heavy atom. The van der Waals surface area contributed by atoms with Crippen LogP contribution in [0.3, 0.4) is 0 Å². The number of anilines is 1. The smallest absolute Gasteiger partial charge is 0.203 e. The number of hydrazone groups is 1. The molecule has 1 N–H and O–H groups in total. The first-order valence-corrected chi connectivity index (χ1v) is 9.09. The van der Waals surface area contributed by atoms with Crippen LogP contribution in [0.2, 0.25) is 0 Å². The lowest BCUT2D eigenvalue weighted by atomic mass is 9.99. The minimum absolute atomic E-state index is 0.819. The Bertz CT molecular complexity index is 665. The highest BCUT2D eigenvalue weighted by Gasteiger charge is 2.16. The minimum atomic E-state index is 0.819. The van der Waals surface area contributed by atoms with Crippen LogP contribution in [-0.4, -0.2) is 29.2 Å². The molecule has 1 atom stereocenters. The largest absolute Gasteiger partial charge is 0.299 e. The summed E-state index contributed by atoms with van der Waals surface area (Å²) >= 11 is 1.57. The molecule has 0 spiro atoms. The summed E-state index contributed by atoms with van der Waals surface area (Å²) in [5, 5.41) is 7.13. The fourth-order valence-electron chi connectivity index (χ4n) is 3.03. The second-order valence-electron chi connectivity index (χ2n) is 6.39. The number of thiazole rings is 1. The summed E-state index contributed by atoms with van der Waals surface area (Å²) in [6.07, 6.45) is 4.55. The fraction of sp³-hybridized carbons (Fsp3) is 0.444. The minimum Gasteiger partial charge on any atom is -0.299 e. The van der Waals surface area contributed by atoms with Crippen LogP contribution in [-0.2, 0) is 6.54 Å². The molecule has 1 aliphatic heterocycles. The van der Waals surface area contributed by atoms with Crippen molar-refractivity contribution in [2.24, 2.45) is 11.0 Å². The van der Waals surface area contributed by atoms with Crippen molar-refractivity contribution in [3.05, 3.63) is 46.5 Å². The number of rotatable bonds is 5. The van der Waals surface area contributed by atoms with Crippen LogP contribution in [0.25, 0.3) is 0 Å². The van der Waals surface area contributed by atoms with Crippen molar-refractivity contribution in [2.75, 3.05) is 18.5 Å². The fourth-order valence-corrected chi connectivity index (χ4v) is 3.66. The van der Waals surface area contributed by atoms with Crippen molar-refractivity contribution in [3.63, 3.8) is 0 Å². The molecule has 0 aliphatic carbocycles. The zero-order valence-corrected chi connectivity index (χ0v) is 14.6. The van der Waals surface area contributed by atoms with Crippen molar-refractivity contribution in [3.8, 4) is 0 Å². The molecule has 1 aliphatic rings. The number of likely N-dealkylation sites (tertiary alicyclic amines) is 1.